The number of furan rings is 1. The molecular formula is C13H17ClN2O3. The van der Waals surface area contributed by atoms with Gasteiger partial charge in [-0.3, -0.25) is 9.69 Å². The topological polar surface area (TPSA) is 45.9 Å². The number of likely N-dealkylation sites (N-methyl/N-ethyl adjacent to an activating group) is 1. The zero-order chi connectivity index (χ0) is 13.5. The number of halogens is 1. The fraction of sp³-hybridized carbons (Fsp3) is 0.615. The summed E-state index contributed by atoms with van der Waals surface area (Å²) >= 11 is 5.77. The number of hydrogen-bond donors (Lipinski definition) is 0. The fourth-order valence-electron chi connectivity index (χ4n) is 2.86. The highest BCUT2D eigenvalue weighted by Gasteiger charge is 2.44. The Bertz CT molecular complexity index is 490. The molecule has 2 saturated heterocycles. The highest BCUT2D eigenvalue weighted by atomic mass is 35.5. The summed E-state index contributed by atoms with van der Waals surface area (Å²) in [5.41, 5.74) is -0.209. The summed E-state index contributed by atoms with van der Waals surface area (Å²) in [6.45, 7) is 3.36. The first-order chi connectivity index (χ1) is 9.06. The van der Waals surface area contributed by atoms with E-state index in [4.69, 9.17) is 20.8 Å². The maximum atomic E-state index is 11.5. The van der Waals surface area contributed by atoms with Crippen molar-refractivity contribution >= 4 is 17.5 Å². The van der Waals surface area contributed by atoms with Crippen LogP contribution in [0.5, 0.6) is 0 Å². The van der Waals surface area contributed by atoms with Crippen LogP contribution in [0.4, 0.5) is 0 Å². The second kappa shape index (κ2) is 4.81. The van der Waals surface area contributed by atoms with Crippen molar-refractivity contribution in [2.45, 2.75) is 18.6 Å². The van der Waals surface area contributed by atoms with Crippen LogP contribution >= 0.6 is 11.6 Å². The third-order valence-corrected chi connectivity index (χ3v) is 4.06. The molecule has 104 valence electrons. The van der Waals surface area contributed by atoms with Crippen LogP contribution in [0.25, 0.3) is 0 Å². The smallest absolute Gasteiger partial charge is 0.248 e. The lowest BCUT2D eigenvalue weighted by Crippen LogP contribution is -2.54. The van der Waals surface area contributed by atoms with Gasteiger partial charge in [-0.05, 0) is 30.2 Å². The Morgan fingerprint density at radius 1 is 1.42 bits per heavy atom. The van der Waals surface area contributed by atoms with Gasteiger partial charge in [-0.2, -0.15) is 0 Å². The van der Waals surface area contributed by atoms with Crippen molar-refractivity contribution in [1.29, 1.82) is 0 Å². The Kier molecular flexibility index (Phi) is 3.28. The van der Waals surface area contributed by atoms with E-state index >= 15 is 0 Å². The number of amides is 1. The summed E-state index contributed by atoms with van der Waals surface area (Å²) in [7, 11) is 1.83. The van der Waals surface area contributed by atoms with Crippen molar-refractivity contribution in [3.05, 3.63) is 23.1 Å². The monoisotopic (exact) mass is 284 g/mol. The van der Waals surface area contributed by atoms with Crippen molar-refractivity contribution in [3.63, 3.8) is 0 Å². The van der Waals surface area contributed by atoms with E-state index in [-0.39, 0.29) is 18.1 Å². The van der Waals surface area contributed by atoms with Crippen LogP contribution in [0.2, 0.25) is 5.22 Å². The number of carbonyl (C=O) groups excluding carboxylic acids is 1. The molecule has 5 nitrogen and oxygen atoms in total. The van der Waals surface area contributed by atoms with Crippen molar-refractivity contribution in [2.24, 2.45) is 0 Å². The summed E-state index contributed by atoms with van der Waals surface area (Å²) < 4.78 is 11.2. The summed E-state index contributed by atoms with van der Waals surface area (Å²) in [5, 5.41) is 0.420. The molecule has 2 aliphatic rings. The first-order valence-corrected chi connectivity index (χ1v) is 6.79. The summed E-state index contributed by atoms with van der Waals surface area (Å²) in [4.78, 5) is 15.5. The van der Waals surface area contributed by atoms with E-state index in [9.17, 15) is 4.79 Å². The van der Waals surface area contributed by atoms with E-state index in [0.717, 1.165) is 31.8 Å². The maximum Gasteiger partial charge on any atom is 0.248 e. The average molecular weight is 285 g/mol. The van der Waals surface area contributed by atoms with E-state index in [1.54, 1.807) is 11.0 Å². The molecule has 0 saturated carbocycles. The highest BCUT2D eigenvalue weighted by molar-refractivity contribution is 6.28. The van der Waals surface area contributed by atoms with Gasteiger partial charge in [0.05, 0.1) is 13.1 Å². The van der Waals surface area contributed by atoms with Gasteiger partial charge in [-0.25, -0.2) is 0 Å². The second-order valence-electron chi connectivity index (χ2n) is 5.39. The number of hydrogen-bond acceptors (Lipinski definition) is 4. The predicted octanol–water partition coefficient (Wildman–Crippen LogP) is 1.37. The lowest BCUT2D eigenvalue weighted by Gasteiger charge is -2.38. The minimum atomic E-state index is -0.209. The SMILES string of the molecule is CN1CC2(CCN(Cc3ccc(Cl)o3)C2)OCC1=O. The molecule has 0 aromatic carbocycles. The molecule has 1 unspecified atom stereocenters. The Morgan fingerprint density at radius 2 is 2.26 bits per heavy atom. The molecule has 2 aliphatic heterocycles. The molecule has 19 heavy (non-hydrogen) atoms. The number of carbonyl (C=O) groups is 1. The standard InChI is InChI=1S/C13H17ClN2O3/c1-15-8-13(18-7-12(15)17)4-5-16(9-13)6-10-2-3-11(14)19-10/h2-3H,4-9H2,1H3. The molecule has 0 aliphatic carbocycles. The Hall–Kier alpha value is -1.04. The van der Waals surface area contributed by atoms with Gasteiger partial charge in [0.15, 0.2) is 5.22 Å². The normalized spacial score (nSPS) is 28.5. The van der Waals surface area contributed by atoms with Crippen LogP contribution in [0.1, 0.15) is 12.2 Å². The molecule has 0 radical (unpaired) electrons. The molecular weight excluding hydrogens is 268 g/mol. The summed E-state index contributed by atoms with van der Waals surface area (Å²) in [6, 6.07) is 3.65. The highest BCUT2D eigenvalue weighted by Crippen LogP contribution is 2.30. The Balaban J connectivity index is 1.62. The Morgan fingerprint density at radius 3 is 2.95 bits per heavy atom. The zero-order valence-electron chi connectivity index (χ0n) is 10.9. The van der Waals surface area contributed by atoms with E-state index < -0.39 is 0 Å². The minimum absolute atomic E-state index is 0.0573. The second-order valence-corrected chi connectivity index (χ2v) is 5.76. The van der Waals surface area contributed by atoms with E-state index in [2.05, 4.69) is 4.90 Å². The van der Waals surface area contributed by atoms with Gasteiger partial charge in [0.1, 0.15) is 18.0 Å². The van der Waals surface area contributed by atoms with Crippen molar-refractivity contribution in [3.8, 4) is 0 Å². The molecule has 1 amide bonds. The van der Waals surface area contributed by atoms with Gasteiger partial charge < -0.3 is 14.1 Å². The summed E-state index contributed by atoms with van der Waals surface area (Å²) in [5.74, 6) is 0.921. The molecule has 0 bridgehead atoms. The van der Waals surface area contributed by atoms with Gasteiger partial charge in [-0.1, -0.05) is 0 Å². The van der Waals surface area contributed by atoms with E-state index in [1.165, 1.54) is 0 Å². The van der Waals surface area contributed by atoms with Crippen LogP contribution in [-0.4, -0.2) is 54.6 Å². The van der Waals surface area contributed by atoms with Crippen molar-refractivity contribution in [1.82, 2.24) is 9.80 Å². The summed E-state index contributed by atoms with van der Waals surface area (Å²) in [6.07, 6.45) is 0.944. The fourth-order valence-corrected chi connectivity index (χ4v) is 3.02. The van der Waals surface area contributed by atoms with Gasteiger partial charge >= 0.3 is 0 Å². The number of likely N-dealkylation sites (tertiary alicyclic amines) is 1. The molecule has 2 fully saturated rings. The lowest BCUT2D eigenvalue weighted by molar-refractivity contribution is -0.159. The van der Waals surface area contributed by atoms with Crippen LogP contribution < -0.4 is 0 Å². The first-order valence-electron chi connectivity index (χ1n) is 6.41. The number of rotatable bonds is 2. The molecule has 1 spiro atoms. The van der Waals surface area contributed by atoms with Gasteiger partial charge in [-0.15, -0.1) is 0 Å². The van der Waals surface area contributed by atoms with Crippen LogP contribution in [-0.2, 0) is 16.1 Å². The third kappa shape index (κ3) is 2.63. The minimum Gasteiger partial charge on any atom is -0.448 e. The first kappa shape index (κ1) is 13.0. The van der Waals surface area contributed by atoms with Gasteiger partial charge in [0.25, 0.3) is 0 Å². The van der Waals surface area contributed by atoms with E-state index in [1.807, 2.05) is 13.1 Å². The zero-order valence-corrected chi connectivity index (χ0v) is 11.7. The van der Waals surface area contributed by atoms with Gasteiger partial charge in [0.2, 0.25) is 5.91 Å². The molecule has 0 N–H and O–H groups in total. The molecule has 1 aromatic rings. The molecule has 1 aromatic heterocycles. The van der Waals surface area contributed by atoms with Crippen LogP contribution in [0.15, 0.2) is 16.5 Å². The Labute approximate surface area is 117 Å². The lowest BCUT2D eigenvalue weighted by atomic mass is 10.0. The average Bonchev–Trinajstić information content (AvgIpc) is 2.93. The molecule has 1 atom stereocenters. The van der Waals surface area contributed by atoms with Crippen LogP contribution in [0.3, 0.4) is 0 Å². The predicted molar refractivity (Wildman–Crippen MR) is 69.9 cm³/mol. The molecule has 3 heterocycles. The molecule has 6 heteroatoms. The molecule has 3 rings (SSSR count). The largest absolute Gasteiger partial charge is 0.448 e. The van der Waals surface area contributed by atoms with Gasteiger partial charge in [0, 0.05) is 20.1 Å². The number of morpholine rings is 1. The quantitative estimate of drug-likeness (QED) is 0.823. The number of nitrogens with zero attached hydrogens (tertiary/aromatic N) is 2. The van der Waals surface area contributed by atoms with Crippen molar-refractivity contribution in [2.75, 3.05) is 33.3 Å². The third-order valence-electron chi connectivity index (χ3n) is 3.86. The van der Waals surface area contributed by atoms with E-state index in [0.29, 0.717) is 11.8 Å². The van der Waals surface area contributed by atoms with Crippen LogP contribution in [0, 0.1) is 0 Å². The van der Waals surface area contributed by atoms with Crippen molar-refractivity contribution < 1.29 is 13.9 Å². The number of ether oxygens (including phenoxy) is 1. The maximum absolute atomic E-state index is 11.5.